The van der Waals surface area contributed by atoms with E-state index in [0.29, 0.717) is 6.41 Å². The summed E-state index contributed by atoms with van der Waals surface area (Å²) in [5.74, 6) is 4.41. The molecule has 5 nitrogen and oxygen atoms in total. The normalized spacial score (nSPS) is 9.87. The standard InChI is InChI=1S/C6H5F3N2.CH4N2O/c7-6(8,9)5-2-1-4(10)3-11-5;2-3-1-4/h1-3H,10H2;1H,2H2,(H,3,4). The molecule has 0 spiro atoms. The lowest BCUT2D eigenvalue weighted by molar-refractivity contribution is -0.141. The predicted octanol–water partition coefficient (Wildman–Crippen LogP) is 0.289. The van der Waals surface area contributed by atoms with Crippen LogP contribution < -0.4 is 17.0 Å². The molecular formula is C7H9F3N4O. The molecule has 1 rings (SSSR count). The molecule has 0 atom stereocenters. The van der Waals surface area contributed by atoms with Crippen LogP contribution in [0.3, 0.4) is 0 Å². The maximum atomic E-state index is 11.8. The zero-order valence-electron chi connectivity index (χ0n) is 7.45. The highest BCUT2D eigenvalue weighted by Crippen LogP contribution is 2.27. The molecule has 0 radical (unpaired) electrons. The molecule has 15 heavy (non-hydrogen) atoms. The van der Waals surface area contributed by atoms with E-state index in [1.54, 1.807) is 5.43 Å². The second-order valence-electron chi connectivity index (χ2n) is 2.26. The second kappa shape index (κ2) is 5.81. The van der Waals surface area contributed by atoms with Gasteiger partial charge in [0.25, 0.3) is 0 Å². The molecule has 8 heteroatoms. The largest absolute Gasteiger partial charge is 0.433 e. The van der Waals surface area contributed by atoms with Gasteiger partial charge in [0.15, 0.2) is 0 Å². The lowest BCUT2D eigenvalue weighted by Crippen LogP contribution is -2.18. The zero-order valence-corrected chi connectivity index (χ0v) is 7.45. The fourth-order valence-corrected chi connectivity index (χ4v) is 0.573. The maximum Gasteiger partial charge on any atom is 0.433 e. The molecule has 1 aromatic rings. The first-order valence-corrected chi connectivity index (χ1v) is 3.60. The molecule has 0 saturated carbocycles. The van der Waals surface area contributed by atoms with E-state index < -0.39 is 11.9 Å². The van der Waals surface area contributed by atoms with Crippen molar-refractivity contribution in [1.29, 1.82) is 0 Å². The van der Waals surface area contributed by atoms with Gasteiger partial charge in [-0.1, -0.05) is 0 Å². The van der Waals surface area contributed by atoms with E-state index in [1.807, 2.05) is 0 Å². The number of carbonyl (C=O) groups is 1. The van der Waals surface area contributed by atoms with E-state index in [2.05, 4.69) is 10.8 Å². The van der Waals surface area contributed by atoms with Crippen LogP contribution >= 0.6 is 0 Å². The van der Waals surface area contributed by atoms with Crippen molar-refractivity contribution in [3.05, 3.63) is 24.0 Å². The molecule has 0 aliphatic heterocycles. The third-order valence-corrected chi connectivity index (χ3v) is 1.14. The molecule has 0 aliphatic rings. The molecule has 1 amide bonds. The maximum absolute atomic E-state index is 11.8. The minimum atomic E-state index is -4.38. The highest BCUT2D eigenvalue weighted by atomic mass is 19.4. The number of hydrazine groups is 1. The molecule has 0 bridgehead atoms. The molecule has 0 aliphatic carbocycles. The third-order valence-electron chi connectivity index (χ3n) is 1.14. The number of nitrogens with one attached hydrogen (secondary N) is 1. The topological polar surface area (TPSA) is 94.0 Å². The quantitative estimate of drug-likeness (QED) is 0.275. The lowest BCUT2D eigenvalue weighted by Gasteiger charge is -2.03. The van der Waals surface area contributed by atoms with Gasteiger partial charge in [0.1, 0.15) is 5.69 Å². The summed E-state index contributed by atoms with van der Waals surface area (Å²) in [6.45, 7) is 0. The minimum Gasteiger partial charge on any atom is -0.397 e. The minimum absolute atomic E-state index is 0.220. The van der Waals surface area contributed by atoms with Crippen LogP contribution in [0.1, 0.15) is 5.69 Å². The van der Waals surface area contributed by atoms with Crippen LogP contribution in [-0.4, -0.2) is 11.4 Å². The van der Waals surface area contributed by atoms with E-state index in [1.165, 1.54) is 0 Å². The Kier molecular flexibility index (Phi) is 5.10. The first kappa shape index (κ1) is 13.2. The highest BCUT2D eigenvalue weighted by Gasteiger charge is 2.31. The van der Waals surface area contributed by atoms with Gasteiger partial charge in [0.05, 0.1) is 11.9 Å². The van der Waals surface area contributed by atoms with Crippen molar-refractivity contribution < 1.29 is 18.0 Å². The van der Waals surface area contributed by atoms with Crippen molar-refractivity contribution in [2.45, 2.75) is 6.18 Å². The van der Waals surface area contributed by atoms with Gasteiger partial charge in [-0.15, -0.1) is 0 Å². The number of carbonyl (C=O) groups excluding carboxylic acids is 1. The Morgan fingerprint density at radius 2 is 1.93 bits per heavy atom. The molecule has 0 saturated heterocycles. The number of aromatic nitrogens is 1. The number of hydrogen-bond acceptors (Lipinski definition) is 4. The number of nitrogens with two attached hydrogens (primary N) is 2. The van der Waals surface area contributed by atoms with Crippen LogP contribution in [0.2, 0.25) is 0 Å². The Labute approximate surface area is 83.2 Å². The fraction of sp³-hybridized carbons (Fsp3) is 0.143. The number of amides is 1. The van der Waals surface area contributed by atoms with Crippen LogP contribution in [0, 0.1) is 0 Å². The fourth-order valence-electron chi connectivity index (χ4n) is 0.573. The number of nitrogen functional groups attached to an aromatic ring is 1. The SMILES string of the molecule is NNC=O.Nc1ccc(C(F)(F)F)nc1. The number of alkyl halides is 3. The van der Waals surface area contributed by atoms with Crippen molar-refractivity contribution in [1.82, 2.24) is 10.4 Å². The van der Waals surface area contributed by atoms with E-state index >= 15 is 0 Å². The van der Waals surface area contributed by atoms with Crippen molar-refractivity contribution in [2.75, 3.05) is 5.73 Å². The van der Waals surface area contributed by atoms with Crippen LogP contribution in [0.25, 0.3) is 0 Å². The van der Waals surface area contributed by atoms with Crippen molar-refractivity contribution in [3.8, 4) is 0 Å². The molecular weight excluding hydrogens is 213 g/mol. The number of nitrogens with zero attached hydrogens (tertiary/aromatic N) is 1. The van der Waals surface area contributed by atoms with Crippen LogP contribution in [0.5, 0.6) is 0 Å². The summed E-state index contributed by atoms with van der Waals surface area (Å²) in [6, 6.07) is 2.01. The molecule has 5 N–H and O–H groups in total. The molecule has 0 unspecified atom stereocenters. The summed E-state index contributed by atoms with van der Waals surface area (Å²) in [7, 11) is 0. The first-order chi connectivity index (χ1) is 6.91. The number of hydrogen-bond donors (Lipinski definition) is 3. The Hall–Kier alpha value is -1.83. The Morgan fingerprint density at radius 3 is 2.20 bits per heavy atom. The van der Waals surface area contributed by atoms with E-state index in [9.17, 15) is 13.2 Å². The molecule has 84 valence electrons. The van der Waals surface area contributed by atoms with E-state index in [-0.39, 0.29) is 5.69 Å². The third kappa shape index (κ3) is 5.47. The zero-order chi connectivity index (χ0) is 11.9. The van der Waals surface area contributed by atoms with Crippen molar-refractivity contribution >= 4 is 12.1 Å². The number of rotatable bonds is 1. The molecule has 0 fully saturated rings. The summed E-state index contributed by atoms with van der Waals surface area (Å²) in [5.41, 5.74) is 6.19. The molecule has 1 heterocycles. The van der Waals surface area contributed by atoms with E-state index in [4.69, 9.17) is 10.5 Å². The van der Waals surface area contributed by atoms with Crippen molar-refractivity contribution in [3.63, 3.8) is 0 Å². The Bertz CT molecular complexity index is 298. The summed E-state index contributed by atoms with van der Waals surface area (Å²) in [5, 5.41) is 0. The van der Waals surface area contributed by atoms with Gasteiger partial charge in [-0.2, -0.15) is 13.2 Å². The predicted molar refractivity (Wildman–Crippen MR) is 47.0 cm³/mol. The van der Waals surface area contributed by atoms with Gasteiger partial charge in [-0.05, 0) is 12.1 Å². The Balaban J connectivity index is 0.000000423. The van der Waals surface area contributed by atoms with Gasteiger partial charge >= 0.3 is 6.18 Å². The number of anilines is 1. The van der Waals surface area contributed by atoms with Crippen LogP contribution in [0.15, 0.2) is 18.3 Å². The van der Waals surface area contributed by atoms with Crippen molar-refractivity contribution in [2.24, 2.45) is 5.84 Å². The summed E-state index contributed by atoms with van der Waals surface area (Å²) in [6.07, 6.45) is -3.00. The lowest BCUT2D eigenvalue weighted by atomic mass is 10.3. The van der Waals surface area contributed by atoms with Gasteiger partial charge in [-0.25, -0.2) is 10.8 Å². The summed E-state index contributed by atoms with van der Waals surface area (Å²) in [4.78, 5) is 12.0. The van der Waals surface area contributed by atoms with Crippen LogP contribution in [-0.2, 0) is 11.0 Å². The average molecular weight is 222 g/mol. The van der Waals surface area contributed by atoms with E-state index in [0.717, 1.165) is 18.3 Å². The smallest absolute Gasteiger partial charge is 0.397 e. The Morgan fingerprint density at radius 1 is 1.40 bits per heavy atom. The highest BCUT2D eigenvalue weighted by molar-refractivity contribution is 5.44. The first-order valence-electron chi connectivity index (χ1n) is 3.60. The average Bonchev–Trinajstić information content (AvgIpc) is 2.17. The molecule has 0 aromatic carbocycles. The van der Waals surface area contributed by atoms with Gasteiger partial charge in [-0.3, -0.25) is 10.2 Å². The second-order valence-corrected chi connectivity index (χ2v) is 2.26. The molecule has 1 aromatic heterocycles. The van der Waals surface area contributed by atoms with Gasteiger partial charge < -0.3 is 5.73 Å². The summed E-state index contributed by atoms with van der Waals surface area (Å²) < 4.78 is 35.4. The monoisotopic (exact) mass is 222 g/mol. The van der Waals surface area contributed by atoms with Gasteiger partial charge in [0, 0.05) is 0 Å². The van der Waals surface area contributed by atoms with Crippen LogP contribution in [0.4, 0.5) is 18.9 Å². The number of pyridine rings is 1. The van der Waals surface area contributed by atoms with Gasteiger partial charge in [0.2, 0.25) is 6.41 Å². The number of halogens is 3. The summed E-state index contributed by atoms with van der Waals surface area (Å²) >= 11 is 0.